The molecule has 2 N–H and O–H groups in total. The molecule has 0 unspecified atom stereocenters. The highest BCUT2D eigenvalue weighted by atomic mass is 16.3. The van der Waals surface area contributed by atoms with Crippen molar-refractivity contribution in [2.45, 2.75) is 25.7 Å². The molecule has 0 radical (unpaired) electrons. The minimum absolute atomic E-state index is 0.178. The maximum absolute atomic E-state index is 8.67. The van der Waals surface area contributed by atoms with Gasteiger partial charge in [0.25, 0.3) is 0 Å². The van der Waals surface area contributed by atoms with E-state index in [1.165, 1.54) is 0 Å². The summed E-state index contributed by atoms with van der Waals surface area (Å²) in [6.45, 7) is 0.356. The second kappa shape index (κ2) is 9.31. The number of hydrogen-bond acceptors (Lipinski definition) is 2. The van der Waals surface area contributed by atoms with Crippen LogP contribution in [0.15, 0.2) is 24.3 Å². The largest absolute Gasteiger partial charge is 0.396 e. The fraction of sp³-hybridized carbons (Fsp3) is 0.375. The van der Waals surface area contributed by atoms with Crippen LogP contribution in [-0.2, 0) is 0 Å². The molecule has 0 atom stereocenters. The highest BCUT2D eigenvalue weighted by Crippen LogP contribution is 2.05. The molecule has 0 spiro atoms. The van der Waals surface area contributed by atoms with E-state index < -0.39 is 0 Å². The highest BCUT2D eigenvalue weighted by Gasteiger charge is 1.93. The van der Waals surface area contributed by atoms with Crippen LogP contribution >= 0.6 is 0 Å². The number of unbranched alkanes of at least 4 members (excludes halogenated alkanes) is 2. The first-order valence-electron chi connectivity index (χ1n) is 6.17. The molecule has 0 heterocycles. The van der Waals surface area contributed by atoms with E-state index in [-0.39, 0.29) is 13.2 Å². The van der Waals surface area contributed by atoms with E-state index in [9.17, 15) is 0 Å². The molecule has 0 saturated heterocycles. The molecule has 0 aliphatic carbocycles. The molecule has 2 heteroatoms. The summed E-state index contributed by atoms with van der Waals surface area (Å²) in [6.07, 6.45) is 2.81. The fourth-order valence-corrected chi connectivity index (χ4v) is 1.35. The van der Waals surface area contributed by atoms with E-state index in [0.29, 0.717) is 25.7 Å². The molecule has 2 nitrogen and oxygen atoms in total. The minimum Gasteiger partial charge on any atom is -0.396 e. The molecule has 0 aliphatic heterocycles. The maximum atomic E-state index is 8.67. The third-order valence-electron chi connectivity index (χ3n) is 2.29. The summed E-state index contributed by atoms with van der Waals surface area (Å²) in [5, 5.41) is 17.3. The molecule has 18 heavy (non-hydrogen) atoms. The van der Waals surface area contributed by atoms with Crippen LogP contribution in [0.25, 0.3) is 0 Å². The lowest BCUT2D eigenvalue weighted by molar-refractivity contribution is 0.290. The van der Waals surface area contributed by atoms with Gasteiger partial charge in [0.05, 0.1) is 0 Å². The third-order valence-corrected chi connectivity index (χ3v) is 2.29. The molecule has 0 amide bonds. The number of aliphatic hydroxyl groups excluding tert-OH is 2. The Bertz CT molecular complexity index is 424. The van der Waals surface area contributed by atoms with Gasteiger partial charge in [-0.3, -0.25) is 0 Å². The van der Waals surface area contributed by atoms with Crippen LogP contribution in [0.4, 0.5) is 0 Å². The summed E-state index contributed by atoms with van der Waals surface area (Å²) in [4.78, 5) is 0. The summed E-state index contributed by atoms with van der Waals surface area (Å²) in [7, 11) is 0. The van der Waals surface area contributed by atoms with Gasteiger partial charge in [0.2, 0.25) is 0 Å². The van der Waals surface area contributed by atoms with Crippen molar-refractivity contribution in [3.8, 4) is 23.7 Å². The quantitative estimate of drug-likeness (QED) is 0.625. The van der Waals surface area contributed by atoms with Gasteiger partial charge in [-0.25, -0.2) is 0 Å². The van der Waals surface area contributed by atoms with Crippen LogP contribution in [0.2, 0.25) is 0 Å². The Hall–Kier alpha value is -1.74. The zero-order valence-corrected chi connectivity index (χ0v) is 10.4. The molecule has 0 aliphatic rings. The molecule has 1 rings (SSSR count). The number of benzene rings is 1. The highest BCUT2D eigenvalue weighted by molar-refractivity contribution is 5.49. The average molecular weight is 242 g/mol. The summed E-state index contributed by atoms with van der Waals surface area (Å²) in [5.41, 5.74) is 1.85. The minimum atomic E-state index is 0.178. The van der Waals surface area contributed by atoms with E-state index >= 15 is 0 Å². The predicted octanol–water partition coefficient (Wildman–Crippen LogP) is 1.93. The summed E-state index contributed by atoms with van der Waals surface area (Å²) >= 11 is 0. The molecule has 1 aromatic rings. The maximum Gasteiger partial charge on any atom is 0.0440 e. The van der Waals surface area contributed by atoms with E-state index in [1.54, 1.807) is 0 Å². The van der Waals surface area contributed by atoms with Crippen molar-refractivity contribution in [3.05, 3.63) is 35.4 Å². The summed E-state index contributed by atoms with van der Waals surface area (Å²) < 4.78 is 0. The second-order valence-electron chi connectivity index (χ2n) is 3.80. The van der Waals surface area contributed by atoms with Crippen molar-refractivity contribution in [2.75, 3.05) is 13.2 Å². The van der Waals surface area contributed by atoms with Crippen molar-refractivity contribution in [1.29, 1.82) is 0 Å². The van der Waals surface area contributed by atoms with Gasteiger partial charge < -0.3 is 10.2 Å². The summed E-state index contributed by atoms with van der Waals surface area (Å²) in [5.74, 6) is 12.2. The Morgan fingerprint density at radius 1 is 0.778 bits per heavy atom. The van der Waals surface area contributed by atoms with Gasteiger partial charge >= 0.3 is 0 Å². The predicted molar refractivity (Wildman–Crippen MR) is 72.8 cm³/mol. The Balaban J connectivity index is 2.71. The molecular formula is C16H18O2. The normalized spacial score (nSPS) is 9.00. The third kappa shape index (κ3) is 5.55. The molecule has 1 aromatic carbocycles. The standard InChI is InChI=1S/C16H18O2/c17-13-7-1-3-9-15-11-5-6-12-16(15)10-4-2-8-14-18/h5-6,11-12,17-18H,1-2,7-8,13-14H2. The molecule has 94 valence electrons. The first-order chi connectivity index (χ1) is 8.88. The topological polar surface area (TPSA) is 40.5 Å². The monoisotopic (exact) mass is 242 g/mol. The lowest BCUT2D eigenvalue weighted by atomic mass is 10.1. The molecular weight excluding hydrogens is 224 g/mol. The van der Waals surface area contributed by atoms with Gasteiger partial charge in [0, 0.05) is 37.2 Å². The second-order valence-corrected chi connectivity index (χ2v) is 3.80. The van der Waals surface area contributed by atoms with Crippen LogP contribution in [-0.4, -0.2) is 23.4 Å². The van der Waals surface area contributed by atoms with Crippen LogP contribution in [0.3, 0.4) is 0 Å². The van der Waals surface area contributed by atoms with E-state index in [0.717, 1.165) is 11.1 Å². The van der Waals surface area contributed by atoms with Crippen LogP contribution in [0, 0.1) is 23.7 Å². The van der Waals surface area contributed by atoms with Gasteiger partial charge in [0.1, 0.15) is 0 Å². The van der Waals surface area contributed by atoms with Gasteiger partial charge in [-0.05, 0) is 25.0 Å². The van der Waals surface area contributed by atoms with Gasteiger partial charge in [-0.15, -0.1) is 0 Å². The van der Waals surface area contributed by atoms with Crippen LogP contribution < -0.4 is 0 Å². The Kier molecular flexibility index (Phi) is 7.40. The lowest BCUT2D eigenvalue weighted by Crippen LogP contribution is -1.84. The van der Waals surface area contributed by atoms with Crippen molar-refractivity contribution >= 4 is 0 Å². The van der Waals surface area contributed by atoms with E-state index in [2.05, 4.69) is 23.7 Å². The van der Waals surface area contributed by atoms with Crippen molar-refractivity contribution < 1.29 is 10.2 Å². The van der Waals surface area contributed by atoms with Crippen molar-refractivity contribution in [2.24, 2.45) is 0 Å². The molecule has 0 fully saturated rings. The van der Waals surface area contributed by atoms with Gasteiger partial charge in [-0.2, -0.15) is 0 Å². The van der Waals surface area contributed by atoms with Crippen molar-refractivity contribution in [1.82, 2.24) is 0 Å². The zero-order valence-electron chi connectivity index (χ0n) is 10.4. The first kappa shape index (κ1) is 14.3. The number of aliphatic hydroxyl groups is 2. The smallest absolute Gasteiger partial charge is 0.0440 e. The van der Waals surface area contributed by atoms with Crippen LogP contribution in [0.1, 0.15) is 36.8 Å². The first-order valence-corrected chi connectivity index (χ1v) is 6.17. The average Bonchev–Trinajstić information content (AvgIpc) is 2.41. The molecule has 0 saturated carbocycles. The van der Waals surface area contributed by atoms with Gasteiger partial charge in [0.15, 0.2) is 0 Å². The fourth-order valence-electron chi connectivity index (χ4n) is 1.35. The number of rotatable bonds is 4. The lowest BCUT2D eigenvalue weighted by Gasteiger charge is -1.95. The van der Waals surface area contributed by atoms with Gasteiger partial charge in [-0.1, -0.05) is 35.8 Å². The Morgan fingerprint density at radius 2 is 1.22 bits per heavy atom. The summed E-state index contributed by atoms with van der Waals surface area (Å²) in [6, 6.07) is 7.77. The van der Waals surface area contributed by atoms with E-state index in [1.807, 2.05) is 24.3 Å². The van der Waals surface area contributed by atoms with Crippen molar-refractivity contribution in [3.63, 3.8) is 0 Å². The molecule has 0 bridgehead atoms. The molecule has 0 aromatic heterocycles. The van der Waals surface area contributed by atoms with E-state index in [4.69, 9.17) is 10.2 Å². The SMILES string of the molecule is OCCCC#Cc1ccccc1C#CCCCO. The van der Waals surface area contributed by atoms with Crippen LogP contribution in [0.5, 0.6) is 0 Å². The number of hydrogen-bond donors (Lipinski definition) is 2. The Morgan fingerprint density at radius 3 is 1.61 bits per heavy atom. The Labute approximate surface area is 109 Å². The zero-order chi connectivity index (χ0) is 13.1.